The van der Waals surface area contributed by atoms with Gasteiger partial charge in [-0.15, -0.1) is 0 Å². The van der Waals surface area contributed by atoms with Crippen LogP contribution in [0.1, 0.15) is 47.1 Å². The molecule has 0 aliphatic heterocycles. The first kappa shape index (κ1) is 15.9. The van der Waals surface area contributed by atoms with E-state index in [0.29, 0.717) is 0 Å². The predicted octanol–water partition coefficient (Wildman–Crippen LogP) is 4.91. The Labute approximate surface area is 119 Å². The number of aryl methyl sites for hydroxylation is 1. The fourth-order valence-electron chi connectivity index (χ4n) is 1.68. The van der Waals surface area contributed by atoms with Crippen molar-refractivity contribution >= 4 is 11.4 Å². The molecule has 2 nitrogen and oxygen atoms in total. The third kappa shape index (κ3) is 6.51. The quantitative estimate of drug-likeness (QED) is 0.805. The molecule has 1 rings (SSSR count). The molecule has 0 radical (unpaired) electrons. The summed E-state index contributed by atoms with van der Waals surface area (Å²) in [6.45, 7) is 17.6. The molecule has 0 unspecified atom stereocenters. The van der Waals surface area contributed by atoms with Gasteiger partial charge >= 0.3 is 0 Å². The molecule has 0 heterocycles. The van der Waals surface area contributed by atoms with Crippen LogP contribution in [0.4, 0.5) is 11.4 Å². The summed E-state index contributed by atoms with van der Waals surface area (Å²) >= 11 is 0. The minimum atomic E-state index is 0.283. The summed E-state index contributed by atoms with van der Waals surface area (Å²) in [6, 6.07) is 6.55. The van der Waals surface area contributed by atoms with E-state index in [1.54, 1.807) is 0 Å². The first-order valence-corrected chi connectivity index (χ1v) is 7.15. The van der Waals surface area contributed by atoms with Gasteiger partial charge in [-0.1, -0.05) is 47.6 Å². The Morgan fingerprint density at radius 1 is 0.789 bits per heavy atom. The minimum Gasteiger partial charge on any atom is -0.383 e. The van der Waals surface area contributed by atoms with Crippen molar-refractivity contribution in [1.29, 1.82) is 0 Å². The van der Waals surface area contributed by atoms with Crippen molar-refractivity contribution in [3.8, 4) is 0 Å². The van der Waals surface area contributed by atoms with Crippen LogP contribution in [0.25, 0.3) is 0 Å². The van der Waals surface area contributed by atoms with Gasteiger partial charge < -0.3 is 10.6 Å². The van der Waals surface area contributed by atoms with Gasteiger partial charge in [0, 0.05) is 13.1 Å². The molecule has 0 aliphatic carbocycles. The van der Waals surface area contributed by atoms with Gasteiger partial charge in [0.15, 0.2) is 0 Å². The fraction of sp³-hybridized carbons (Fsp3) is 0.647. The van der Waals surface area contributed by atoms with Crippen LogP contribution in [-0.4, -0.2) is 13.1 Å². The average molecular weight is 262 g/mol. The number of hydrogen-bond acceptors (Lipinski definition) is 2. The normalized spacial score (nSPS) is 12.4. The molecular weight excluding hydrogens is 232 g/mol. The number of anilines is 2. The highest BCUT2D eigenvalue weighted by Gasteiger charge is 2.13. The topological polar surface area (TPSA) is 24.1 Å². The van der Waals surface area contributed by atoms with E-state index in [0.717, 1.165) is 13.1 Å². The number of benzene rings is 1. The van der Waals surface area contributed by atoms with Crippen molar-refractivity contribution in [2.24, 2.45) is 10.8 Å². The molecule has 2 heteroatoms. The summed E-state index contributed by atoms with van der Waals surface area (Å²) in [5, 5.41) is 7.12. The van der Waals surface area contributed by atoms with Crippen molar-refractivity contribution in [1.82, 2.24) is 0 Å². The highest BCUT2D eigenvalue weighted by atomic mass is 15.0. The maximum atomic E-state index is 3.57. The fourth-order valence-corrected chi connectivity index (χ4v) is 1.68. The molecule has 0 aliphatic rings. The van der Waals surface area contributed by atoms with Crippen LogP contribution >= 0.6 is 0 Å². The van der Waals surface area contributed by atoms with E-state index in [4.69, 9.17) is 0 Å². The van der Waals surface area contributed by atoms with E-state index in [-0.39, 0.29) is 10.8 Å². The SMILES string of the molecule is Cc1ccc(NCC(C)(C)C)c(NCC(C)(C)C)c1. The van der Waals surface area contributed by atoms with Gasteiger partial charge in [0.05, 0.1) is 11.4 Å². The van der Waals surface area contributed by atoms with Gasteiger partial charge in [0.25, 0.3) is 0 Å². The molecule has 0 atom stereocenters. The minimum absolute atomic E-state index is 0.283. The summed E-state index contributed by atoms with van der Waals surface area (Å²) in [4.78, 5) is 0. The molecule has 1 aromatic rings. The highest BCUT2D eigenvalue weighted by Crippen LogP contribution is 2.26. The Kier molecular flexibility index (Phi) is 4.89. The van der Waals surface area contributed by atoms with Crippen molar-refractivity contribution in [3.05, 3.63) is 23.8 Å². The maximum Gasteiger partial charge on any atom is 0.0578 e. The Balaban J connectivity index is 2.80. The summed E-state index contributed by atoms with van der Waals surface area (Å²) in [7, 11) is 0. The van der Waals surface area contributed by atoms with Crippen LogP contribution in [-0.2, 0) is 0 Å². The molecule has 0 fully saturated rings. The van der Waals surface area contributed by atoms with Crippen LogP contribution in [0.5, 0.6) is 0 Å². The smallest absolute Gasteiger partial charge is 0.0578 e. The van der Waals surface area contributed by atoms with E-state index in [1.807, 2.05) is 0 Å². The molecule has 0 spiro atoms. The van der Waals surface area contributed by atoms with E-state index in [2.05, 4.69) is 77.3 Å². The Bertz CT molecular complexity index is 408. The second-order valence-corrected chi connectivity index (χ2v) is 7.88. The summed E-state index contributed by atoms with van der Waals surface area (Å²) in [6.07, 6.45) is 0. The van der Waals surface area contributed by atoms with Crippen LogP contribution in [0.15, 0.2) is 18.2 Å². The third-order valence-electron chi connectivity index (χ3n) is 2.79. The molecule has 0 amide bonds. The molecule has 108 valence electrons. The molecule has 0 saturated heterocycles. The lowest BCUT2D eigenvalue weighted by Gasteiger charge is -2.24. The highest BCUT2D eigenvalue weighted by molar-refractivity contribution is 5.69. The van der Waals surface area contributed by atoms with Crippen molar-refractivity contribution in [2.45, 2.75) is 48.5 Å². The first-order valence-electron chi connectivity index (χ1n) is 7.15. The third-order valence-corrected chi connectivity index (χ3v) is 2.79. The Morgan fingerprint density at radius 3 is 1.74 bits per heavy atom. The van der Waals surface area contributed by atoms with Gasteiger partial charge in [-0.25, -0.2) is 0 Å². The zero-order chi connectivity index (χ0) is 14.7. The molecule has 19 heavy (non-hydrogen) atoms. The van der Waals surface area contributed by atoms with Gasteiger partial charge in [0.1, 0.15) is 0 Å². The summed E-state index contributed by atoms with van der Waals surface area (Å²) < 4.78 is 0. The Hall–Kier alpha value is -1.18. The van der Waals surface area contributed by atoms with Crippen LogP contribution in [0, 0.1) is 17.8 Å². The van der Waals surface area contributed by atoms with E-state index in [9.17, 15) is 0 Å². The van der Waals surface area contributed by atoms with E-state index < -0.39 is 0 Å². The maximum absolute atomic E-state index is 3.57. The molecule has 0 bridgehead atoms. The molecule has 1 aromatic carbocycles. The lowest BCUT2D eigenvalue weighted by Crippen LogP contribution is -2.22. The Morgan fingerprint density at radius 2 is 1.26 bits per heavy atom. The first-order chi connectivity index (χ1) is 8.57. The monoisotopic (exact) mass is 262 g/mol. The zero-order valence-corrected chi connectivity index (χ0v) is 13.6. The lowest BCUT2D eigenvalue weighted by molar-refractivity contribution is 0.440. The van der Waals surface area contributed by atoms with Gasteiger partial charge in [-0.3, -0.25) is 0 Å². The van der Waals surface area contributed by atoms with Gasteiger partial charge in [-0.2, -0.15) is 0 Å². The van der Waals surface area contributed by atoms with Crippen LogP contribution in [0.3, 0.4) is 0 Å². The second kappa shape index (κ2) is 5.85. The van der Waals surface area contributed by atoms with Gasteiger partial charge in [-0.05, 0) is 35.4 Å². The number of rotatable bonds is 4. The molecule has 0 aromatic heterocycles. The van der Waals surface area contributed by atoms with Crippen LogP contribution < -0.4 is 10.6 Å². The average Bonchev–Trinajstić information content (AvgIpc) is 2.22. The zero-order valence-electron chi connectivity index (χ0n) is 13.6. The van der Waals surface area contributed by atoms with Crippen molar-refractivity contribution < 1.29 is 0 Å². The largest absolute Gasteiger partial charge is 0.383 e. The molecule has 0 saturated carbocycles. The number of hydrogen-bond donors (Lipinski definition) is 2. The standard InChI is InChI=1S/C17H30N2/c1-13-8-9-14(18-11-16(2,3)4)15(10-13)19-12-17(5,6)7/h8-10,18-19H,11-12H2,1-7H3. The van der Waals surface area contributed by atoms with Crippen LogP contribution in [0.2, 0.25) is 0 Å². The molecular formula is C17H30N2. The van der Waals surface area contributed by atoms with E-state index >= 15 is 0 Å². The second-order valence-electron chi connectivity index (χ2n) is 7.88. The summed E-state index contributed by atoms with van der Waals surface area (Å²) in [5.74, 6) is 0. The number of nitrogens with one attached hydrogen (secondary N) is 2. The lowest BCUT2D eigenvalue weighted by atomic mass is 9.96. The predicted molar refractivity (Wildman–Crippen MR) is 87.1 cm³/mol. The van der Waals surface area contributed by atoms with Gasteiger partial charge in [0.2, 0.25) is 0 Å². The van der Waals surface area contributed by atoms with Crippen molar-refractivity contribution in [3.63, 3.8) is 0 Å². The van der Waals surface area contributed by atoms with Crippen molar-refractivity contribution in [2.75, 3.05) is 23.7 Å². The molecule has 2 N–H and O–H groups in total. The summed E-state index contributed by atoms with van der Waals surface area (Å²) in [5.41, 5.74) is 4.26. The van der Waals surface area contributed by atoms with E-state index in [1.165, 1.54) is 16.9 Å².